The predicted octanol–water partition coefficient (Wildman–Crippen LogP) is 2.20. The smallest absolute Gasteiger partial charge is 0.0575 e. The van der Waals surface area contributed by atoms with Gasteiger partial charge in [-0.2, -0.15) is 0 Å². The number of hydrogen-bond acceptors (Lipinski definition) is 3. The second-order valence-corrected chi connectivity index (χ2v) is 4.15. The maximum Gasteiger partial charge on any atom is 0.0575 e. The quantitative estimate of drug-likeness (QED) is 0.716. The Bertz CT molecular complexity index is 420. The first-order valence-corrected chi connectivity index (χ1v) is 5.04. The minimum absolute atomic E-state index is 0.879. The van der Waals surface area contributed by atoms with Crippen LogP contribution in [0.4, 0.5) is 5.69 Å². The average Bonchev–Trinajstić information content (AvgIpc) is 2.49. The van der Waals surface area contributed by atoms with E-state index in [1.807, 2.05) is 19.2 Å². The van der Waals surface area contributed by atoms with Crippen molar-refractivity contribution >= 4 is 27.1 Å². The molecule has 0 aliphatic carbocycles. The normalized spacial score (nSPS) is 10.8. The number of nitrogens with two attached hydrogens (primary N) is 1. The van der Waals surface area contributed by atoms with Crippen LogP contribution >= 0.6 is 11.3 Å². The summed E-state index contributed by atoms with van der Waals surface area (Å²) >= 11 is 1.76. The fourth-order valence-electron chi connectivity index (χ4n) is 1.40. The molecule has 2 rings (SSSR count). The van der Waals surface area contributed by atoms with Gasteiger partial charge in [0.25, 0.3) is 0 Å². The third kappa shape index (κ3) is 1.53. The zero-order chi connectivity index (χ0) is 9.26. The number of fused-ring (bicyclic) bond motifs is 1. The Morgan fingerprint density at radius 3 is 3.00 bits per heavy atom. The van der Waals surface area contributed by atoms with Gasteiger partial charge in [-0.05, 0) is 24.6 Å². The number of anilines is 1. The lowest BCUT2D eigenvalue weighted by Crippen LogP contribution is -2.02. The van der Waals surface area contributed by atoms with Crippen LogP contribution in [0, 0.1) is 0 Å². The van der Waals surface area contributed by atoms with Gasteiger partial charge in [0.05, 0.1) is 4.70 Å². The van der Waals surface area contributed by atoms with Gasteiger partial charge in [0.2, 0.25) is 0 Å². The largest absolute Gasteiger partial charge is 0.398 e. The predicted molar refractivity (Wildman–Crippen MR) is 59.0 cm³/mol. The van der Waals surface area contributed by atoms with Gasteiger partial charge in [0.15, 0.2) is 0 Å². The van der Waals surface area contributed by atoms with E-state index >= 15 is 0 Å². The van der Waals surface area contributed by atoms with Crippen LogP contribution in [0.2, 0.25) is 0 Å². The first kappa shape index (κ1) is 8.53. The van der Waals surface area contributed by atoms with Gasteiger partial charge in [0.1, 0.15) is 0 Å². The molecule has 0 aliphatic heterocycles. The van der Waals surface area contributed by atoms with E-state index in [-0.39, 0.29) is 0 Å². The highest BCUT2D eigenvalue weighted by molar-refractivity contribution is 7.19. The molecule has 68 valence electrons. The second-order valence-electron chi connectivity index (χ2n) is 3.01. The Morgan fingerprint density at radius 2 is 2.31 bits per heavy atom. The highest BCUT2D eigenvalue weighted by Crippen LogP contribution is 2.29. The van der Waals surface area contributed by atoms with Crippen molar-refractivity contribution in [3.63, 3.8) is 0 Å². The SMILES string of the molecule is CNCc1cc2cccc(N)c2s1. The van der Waals surface area contributed by atoms with Crippen LogP contribution in [-0.4, -0.2) is 7.05 Å². The molecule has 3 N–H and O–H groups in total. The monoisotopic (exact) mass is 192 g/mol. The van der Waals surface area contributed by atoms with Crippen LogP contribution in [0.1, 0.15) is 4.88 Å². The van der Waals surface area contributed by atoms with E-state index in [4.69, 9.17) is 5.73 Å². The van der Waals surface area contributed by atoms with E-state index < -0.39 is 0 Å². The Kier molecular flexibility index (Phi) is 2.20. The van der Waals surface area contributed by atoms with Crippen molar-refractivity contribution in [3.8, 4) is 0 Å². The molecule has 2 nitrogen and oxygen atoms in total. The molecule has 0 unspecified atom stereocenters. The summed E-state index contributed by atoms with van der Waals surface area (Å²) in [6.07, 6.45) is 0. The fourth-order valence-corrected chi connectivity index (χ4v) is 2.50. The van der Waals surface area contributed by atoms with Crippen molar-refractivity contribution in [3.05, 3.63) is 29.1 Å². The maximum atomic E-state index is 5.86. The van der Waals surface area contributed by atoms with Gasteiger partial charge < -0.3 is 11.1 Å². The molecule has 0 bridgehead atoms. The molecule has 0 amide bonds. The van der Waals surface area contributed by atoms with E-state index in [0.29, 0.717) is 0 Å². The van der Waals surface area contributed by atoms with E-state index in [0.717, 1.165) is 12.2 Å². The topological polar surface area (TPSA) is 38.0 Å². The Balaban J connectivity index is 2.55. The third-order valence-corrected chi connectivity index (χ3v) is 3.18. The fraction of sp³-hybridized carbons (Fsp3) is 0.200. The first-order valence-electron chi connectivity index (χ1n) is 4.23. The number of hydrogen-bond donors (Lipinski definition) is 2. The van der Waals surface area contributed by atoms with E-state index in [1.165, 1.54) is 15.0 Å². The minimum Gasteiger partial charge on any atom is -0.398 e. The van der Waals surface area contributed by atoms with Crippen molar-refractivity contribution in [2.75, 3.05) is 12.8 Å². The highest BCUT2D eigenvalue weighted by Gasteiger charge is 2.02. The molecule has 0 fully saturated rings. The lowest BCUT2D eigenvalue weighted by molar-refractivity contribution is 0.832. The molecule has 3 heteroatoms. The number of thiophene rings is 1. The Morgan fingerprint density at radius 1 is 1.46 bits per heavy atom. The summed E-state index contributed by atoms with van der Waals surface area (Å²) in [5.74, 6) is 0. The molecule has 13 heavy (non-hydrogen) atoms. The van der Waals surface area contributed by atoms with Crippen molar-refractivity contribution in [1.82, 2.24) is 5.32 Å². The Labute approximate surface area is 81.4 Å². The van der Waals surface area contributed by atoms with Gasteiger partial charge in [0, 0.05) is 17.1 Å². The third-order valence-electron chi connectivity index (χ3n) is 1.98. The van der Waals surface area contributed by atoms with Gasteiger partial charge >= 0.3 is 0 Å². The van der Waals surface area contributed by atoms with Crippen LogP contribution in [0.3, 0.4) is 0 Å². The number of benzene rings is 1. The summed E-state index contributed by atoms with van der Waals surface area (Å²) in [4.78, 5) is 1.33. The number of nitrogen functional groups attached to an aromatic ring is 1. The number of nitrogens with one attached hydrogen (secondary N) is 1. The van der Waals surface area contributed by atoms with E-state index in [1.54, 1.807) is 11.3 Å². The summed E-state index contributed by atoms with van der Waals surface area (Å²) in [5, 5.41) is 4.38. The summed E-state index contributed by atoms with van der Waals surface area (Å²) in [6, 6.07) is 8.23. The maximum absolute atomic E-state index is 5.86. The van der Waals surface area contributed by atoms with Gasteiger partial charge in [-0.15, -0.1) is 11.3 Å². The molecule has 0 spiro atoms. The molecule has 1 aromatic heterocycles. The first-order chi connectivity index (χ1) is 6.31. The van der Waals surface area contributed by atoms with Gasteiger partial charge in [-0.3, -0.25) is 0 Å². The van der Waals surface area contributed by atoms with Crippen LogP contribution in [0.5, 0.6) is 0 Å². The van der Waals surface area contributed by atoms with Crippen LogP contribution in [0.25, 0.3) is 10.1 Å². The van der Waals surface area contributed by atoms with Crippen LogP contribution < -0.4 is 11.1 Å². The summed E-state index contributed by atoms with van der Waals surface area (Å²) in [6.45, 7) is 0.915. The standard InChI is InChI=1S/C10H12N2S/c1-12-6-8-5-7-3-2-4-9(11)10(7)13-8/h2-5,12H,6,11H2,1H3. The molecule has 0 atom stereocenters. The molecular weight excluding hydrogens is 180 g/mol. The van der Waals surface area contributed by atoms with Crippen molar-refractivity contribution in [1.29, 1.82) is 0 Å². The molecular formula is C10H12N2S. The van der Waals surface area contributed by atoms with Crippen LogP contribution in [0.15, 0.2) is 24.3 Å². The molecule has 2 aromatic rings. The average molecular weight is 192 g/mol. The molecule has 0 saturated heterocycles. The van der Waals surface area contributed by atoms with E-state index in [2.05, 4.69) is 17.4 Å². The minimum atomic E-state index is 0.879. The van der Waals surface area contributed by atoms with Gasteiger partial charge in [-0.1, -0.05) is 12.1 Å². The lowest BCUT2D eigenvalue weighted by atomic mass is 10.2. The highest BCUT2D eigenvalue weighted by atomic mass is 32.1. The van der Waals surface area contributed by atoms with Crippen molar-refractivity contribution in [2.45, 2.75) is 6.54 Å². The zero-order valence-corrected chi connectivity index (χ0v) is 8.32. The molecule has 1 aromatic carbocycles. The molecule has 1 heterocycles. The Hall–Kier alpha value is -1.06. The zero-order valence-electron chi connectivity index (χ0n) is 7.50. The van der Waals surface area contributed by atoms with Crippen molar-refractivity contribution in [2.24, 2.45) is 0 Å². The second kappa shape index (κ2) is 3.36. The molecule has 0 saturated carbocycles. The number of rotatable bonds is 2. The molecule has 0 radical (unpaired) electrons. The lowest BCUT2D eigenvalue weighted by Gasteiger charge is -1.92. The van der Waals surface area contributed by atoms with E-state index in [9.17, 15) is 0 Å². The summed E-state index contributed by atoms with van der Waals surface area (Å²) in [7, 11) is 1.95. The summed E-state index contributed by atoms with van der Waals surface area (Å²) in [5.41, 5.74) is 6.74. The van der Waals surface area contributed by atoms with Crippen LogP contribution in [-0.2, 0) is 6.54 Å². The molecule has 0 aliphatic rings. The van der Waals surface area contributed by atoms with Gasteiger partial charge in [-0.25, -0.2) is 0 Å². The van der Waals surface area contributed by atoms with Crippen molar-refractivity contribution < 1.29 is 0 Å². The summed E-state index contributed by atoms with van der Waals surface area (Å²) < 4.78 is 1.20.